The van der Waals surface area contributed by atoms with Crippen LogP contribution in [0.4, 0.5) is 0 Å². The van der Waals surface area contributed by atoms with Gasteiger partial charge < -0.3 is 9.30 Å². The third-order valence-corrected chi connectivity index (χ3v) is 4.18. The van der Waals surface area contributed by atoms with Gasteiger partial charge in [0.15, 0.2) is 5.65 Å². The quantitative estimate of drug-likeness (QED) is 0.817. The van der Waals surface area contributed by atoms with Crippen molar-refractivity contribution >= 4 is 22.8 Å². The predicted molar refractivity (Wildman–Crippen MR) is 80.4 cm³/mol. The second-order valence-corrected chi connectivity index (χ2v) is 6.13. The molecular weight excluding hydrogens is 274 g/mol. The van der Waals surface area contributed by atoms with Crippen molar-refractivity contribution < 1.29 is 4.74 Å². The van der Waals surface area contributed by atoms with Crippen LogP contribution in [-0.4, -0.2) is 33.6 Å². The topological polar surface area (TPSA) is 39.9 Å². The first-order chi connectivity index (χ1) is 9.64. The van der Waals surface area contributed by atoms with Crippen molar-refractivity contribution in [2.24, 2.45) is 0 Å². The lowest BCUT2D eigenvalue weighted by Gasteiger charge is -2.36. The number of rotatable bonds is 3. The molecule has 1 fully saturated rings. The minimum atomic E-state index is -0.0742. The molecule has 0 N–H and O–H groups in total. The first-order valence-electron chi connectivity index (χ1n) is 7.13. The summed E-state index contributed by atoms with van der Waals surface area (Å²) in [5, 5.41) is 0. The van der Waals surface area contributed by atoms with Gasteiger partial charge in [0.1, 0.15) is 11.3 Å². The van der Waals surface area contributed by atoms with Gasteiger partial charge in [-0.25, -0.2) is 9.97 Å². The number of alkyl halides is 1. The molecule has 1 aliphatic heterocycles. The van der Waals surface area contributed by atoms with Crippen LogP contribution in [0.5, 0.6) is 0 Å². The number of ether oxygens (including phenoxy) is 1. The Hall–Kier alpha value is -1.13. The monoisotopic (exact) mass is 293 g/mol. The number of fused-ring (bicyclic) bond motifs is 1. The smallest absolute Gasteiger partial charge is 0.160 e. The fraction of sp³-hybridized carbons (Fsp3) is 0.600. The lowest BCUT2D eigenvalue weighted by molar-refractivity contribution is 0.00997. The Morgan fingerprint density at radius 1 is 1.40 bits per heavy atom. The van der Waals surface area contributed by atoms with Gasteiger partial charge in [0.2, 0.25) is 0 Å². The predicted octanol–water partition coefficient (Wildman–Crippen LogP) is 3.05. The van der Waals surface area contributed by atoms with Crippen molar-refractivity contribution in [3.05, 3.63) is 23.7 Å². The van der Waals surface area contributed by atoms with Crippen molar-refractivity contribution in [2.45, 2.75) is 38.6 Å². The van der Waals surface area contributed by atoms with Crippen molar-refractivity contribution in [1.29, 1.82) is 0 Å². The maximum atomic E-state index is 5.95. The summed E-state index contributed by atoms with van der Waals surface area (Å²) >= 11 is 5.95. The van der Waals surface area contributed by atoms with Crippen molar-refractivity contribution in [3.8, 4) is 0 Å². The number of hydrogen-bond donors (Lipinski definition) is 0. The fourth-order valence-corrected chi connectivity index (χ4v) is 3.18. The normalized spacial score (nSPS) is 23.4. The van der Waals surface area contributed by atoms with Crippen molar-refractivity contribution in [2.75, 3.05) is 19.1 Å². The molecule has 0 saturated carbocycles. The van der Waals surface area contributed by atoms with Crippen LogP contribution >= 0.6 is 11.6 Å². The third kappa shape index (κ3) is 2.31. The minimum absolute atomic E-state index is 0.0742. The van der Waals surface area contributed by atoms with Crippen LogP contribution in [0.1, 0.15) is 31.3 Å². The maximum absolute atomic E-state index is 5.95. The van der Waals surface area contributed by atoms with E-state index < -0.39 is 0 Å². The minimum Gasteiger partial charge on any atom is -0.379 e. The van der Waals surface area contributed by atoms with E-state index in [9.17, 15) is 0 Å². The molecule has 0 spiro atoms. The average Bonchev–Trinajstić information content (AvgIpc) is 2.78. The van der Waals surface area contributed by atoms with E-state index in [1.807, 2.05) is 19.1 Å². The summed E-state index contributed by atoms with van der Waals surface area (Å²) in [5.74, 6) is 1.58. The molecule has 4 nitrogen and oxygen atoms in total. The summed E-state index contributed by atoms with van der Waals surface area (Å²) in [4.78, 5) is 9.43. The molecule has 0 aliphatic carbocycles. The molecular formula is C15H20ClN3O. The molecule has 3 heterocycles. The number of aryl methyl sites for hydroxylation is 2. The highest BCUT2D eigenvalue weighted by Crippen LogP contribution is 2.32. The number of hydrogen-bond acceptors (Lipinski definition) is 3. The standard InChI is InChI=1S/C15H20ClN3O/c1-11-4-5-12-14(17-11)19(13(18-12)6-8-16)15(2)7-3-9-20-10-15/h4-5H,3,6-10H2,1-2H3. The summed E-state index contributed by atoms with van der Waals surface area (Å²) in [6, 6.07) is 4.04. The Morgan fingerprint density at radius 2 is 2.25 bits per heavy atom. The van der Waals surface area contributed by atoms with Crippen LogP contribution in [0, 0.1) is 6.92 Å². The number of aromatic nitrogens is 3. The second kappa shape index (κ2) is 5.34. The number of nitrogens with zero attached hydrogens (tertiary/aromatic N) is 3. The molecule has 1 atom stereocenters. The summed E-state index contributed by atoms with van der Waals surface area (Å²) in [5.41, 5.74) is 2.84. The van der Waals surface area contributed by atoms with Gasteiger partial charge in [-0.1, -0.05) is 0 Å². The van der Waals surface area contributed by atoms with Gasteiger partial charge in [0.25, 0.3) is 0 Å². The van der Waals surface area contributed by atoms with Crippen LogP contribution < -0.4 is 0 Å². The summed E-state index contributed by atoms with van der Waals surface area (Å²) in [7, 11) is 0. The van der Waals surface area contributed by atoms with Gasteiger partial charge in [-0.2, -0.15) is 0 Å². The Bertz CT molecular complexity index is 617. The van der Waals surface area contributed by atoms with E-state index in [0.29, 0.717) is 12.5 Å². The van der Waals surface area contributed by atoms with Crippen molar-refractivity contribution in [3.63, 3.8) is 0 Å². The van der Waals surface area contributed by atoms with E-state index in [1.54, 1.807) is 0 Å². The zero-order valence-corrected chi connectivity index (χ0v) is 12.8. The van der Waals surface area contributed by atoms with Gasteiger partial charge >= 0.3 is 0 Å². The highest BCUT2D eigenvalue weighted by atomic mass is 35.5. The maximum Gasteiger partial charge on any atom is 0.160 e. The lowest BCUT2D eigenvalue weighted by atomic mass is 9.94. The Kier molecular flexibility index (Phi) is 3.69. The Labute approximate surface area is 124 Å². The molecule has 20 heavy (non-hydrogen) atoms. The van der Waals surface area contributed by atoms with Crippen LogP contribution in [0.15, 0.2) is 12.1 Å². The first kappa shape index (κ1) is 13.8. The molecule has 1 saturated heterocycles. The van der Waals surface area contributed by atoms with E-state index in [4.69, 9.17) is 26.3 Å². The molecule has 2 aromatic rings. The number of pyridine rings is 1. The molecule has 108 valence electrons. The van der Waals surface area contributed by atoms with Gasteiger partial charge in [0, 0.05) is 24.6 Å². The number of halogens is 1. The van der Waals surface area contributed by atoms with Crippen LogP contribution in [0.3, 0.4) is 0 Å². The summed E-state index contributed by atoms with van der Waals surface area (Å²) < 4.78 is 7.97. The van der Waals surface area contributed by atoms with Gasteiger partial charge in [-0.15, -0.1) is 11.6 Å². The molecule has 0 radical (unpaired) electrons. The molecule has 0 aromatic carbocycles. The molecule has 1 unspecified atom stereocenters. The van der Waals surface area contributed by atoms with E-state index in [-0.39, 0.29) is 5.54 Å². The van der Waals surface area contributed by atoms with Crippen LogP contribution in [-0.2, 0) is 16.7 Å². The average molecular weight is 294 g/mol. The molecule has 0 amide bonds. The molecule has 2 aromatic heterocycles. The van der Waals surface area contributed by atoms with E-state index in [1.165, 1.54) is 0 Å². The first-order valence-corrected chi connectivity index (χ1v) is 7.67. The van der Waals surface area contributed by atoms with Gasteiger partial charge in [0.05, 0.1) is 12.1 Å². The largest absolute Gasteiger partial charge is 0.379 e. The Balaban J connectivity index is 2.19. The molecule has 5 heteroatoms. The molecule has 0 bridgehead atoms. The zero-order chi connectivity index (χ0) is 14.2. The van der Waals surface area contributed by atoms with E-state index >= 15 is 0 Å². The van der Waals surface area contributed by atoms with Crippen LogP contribution in [0.2, 0.25) is 0 Å². The van der Waals surface area contributed by atoms with Crippen LogP contribution in [0.25, 0.3) is 11.2 Å². The van der Waals surface area contributed by atoms with Crippen molar-refractivity contribution in [1.82, 2.24) is 14.5 Å². The number of imidazole rings is 1. The van der Waals surface area contributed by atoms with Gasteiger partial charge in [-0.3, -0.25) is 0 Å². The zero-order valence-electron chi connectivity index (χ0n) is 12.0. The SMILES string of the molecule is Cc1ccc2nc(CCCl)n(C3(C)CCCOC3)c2n1. The van der Waals surface area contributed by atoms with E-state index in [2.05, 4.69) is 11.5 Å². The molecule has 3 rings (SSSR count). The summed E-state index contributed by atoms with van der Waals surface area (Å²) in [6.07, 6.45) is 2.91. The highest BCUT2D eigenvalue weighted by Gasteiger charge is 2.33. The van der Waals surface area contributed by atoms with Gasteiger partial charge in [-0.05, 0) is 38.8 Å². The highest BCUT2D eigenvalue weighted by molar-refractivity contribution is 6.17. The Morgan fingerprint density at radius 3 is 2.95 bits per heavy atom. The molecule has 1 aliphatic rings. The summed E-state index contributed by atoms with van der Waals surface area (Å²) in [6.45, 7) is 5.80. The second-order valence-electron chi connectivity index (χ2n) is 5.75. The fourth-order valence-electron chi connectivity index (χ4n) is 3.01. The lowest BCUT2D eigenvalue weighted by Crippen LogP contribution is -2.40. The third-order valence-electron chi connectivity index (χ3n) is 3.99. The van der Waals surface area contributed by atoms with E-state index in [0.717, 1.165) is 48.6 Å².